The Bertz CT molecular complexity index is 882. The second-order valence-corrected chi connectivity index (χ2v) is 7.53. The zero-order valence-electron chi connectivity index (χ0n) is 16.5. The Morgan fingerprint density at radius 2 is 1.66 bits per heavy atom. The second-order valence-electron chi connectivity index (χ2n) is 6.62. The molecule has 7 nitrogen and oxygen atoms in total. The van der Waals surface area contributed by atoms with E-state index >= 15 is 0 Å². The van der Waals surface area contributed by atoms with Gasteiger partial charge in [0.15, 0.2) is 0 Å². The van der Waals surface area contributed by atoms with Gasteiger partial charge in [0, 0.05) is 21.6 Å². The molecule has 3 amide bonds. The minimum absolute atomic E-state index is 0.107. The summed E-state index contributed by atoms with van der Waals surface area (Å²) in [6.45, 7) is 6.04. The van der Waals surface area contributed by atoms with E-state index in [0.29, 0.717) is 29.2 Å². The van der Waals surface area contributed by atoms with Gasteiger partial charge in [0.25, 0.3) is 11.8 Å². The van der Waals surface area contributed by atoms with Gasteiger partial charge in [-0.25, -0.2) is 0 Å². The summed E-state index contributed by atoms with van der Waals surface area (Å²) in [4.78, 5) is 36.5. The molecule has 0 spiro atoms. The highest BCUT2D eigenvalue weighted by Crippen LogP contribution is 2.23. The van der Waals surface area contributed by atoms with Crippen LogP contribution in [0.1, 0.15) is 47.9 Å². The lowest BCUT2D eigenvalue weighted by atomic mass is 10.1. The molecular weight excluding hydrogens is 438 g/mol. The summed E-state index contributed by atoms with van der Waals surface area (Å²) >= 11 is 3.33. The minimum Gasteiger partial charge on any atom is -0.493 e. The highest BCUT2D eigenvalue weighted by Gasteiger charge is 2.15. The summed E-state index contributed by atoms with van der Waals surface area (Å²) in [6, 6.07) is 11.5. The van der Waals surface area contributed by atoms with Crippen molar-refractivity contribution in [3.05, 3.63) is 58.1 Å². The fourth-order valence-corrected chi connectivity index (χ4v) is 2.62. The lowest BCUT2D eigenvalue weighted by Gasteiger charge is -2.13. The first kappa shape index (κ1) is 22.4. The number of hydrogen-bond acceptors (Lipinski definition) is 4. The van der Waals surface area contributed by atoms with Crippen LogP contribution in [-0.2, 0) is 4.79 Å². The van der Waals surface area contributed by atoms with E-state index in [0.717, 1.165) is 10.9 Å². The fraction of sp³-hybridized carbons (Fsp3) is 0.286. The summed E-state index contributed by atoms with van der Waals surface area (Å²) in [5, 5.41) is 2.75. The first-order valence-electron chi connectivity index (χ1n) is 9.25. The summed E-state index contributed by atoms with van der Waals surface area (Å²) in [5.74, 6) is -0.785. The van der Waals surface area contributed by atoms with Crippen LogP contribution < -0.4 is 20.9 Å². The van der Waals surface area contributed by atoms with E-state index in [4.69, 9.17) is 4.74 Å². The molecule has 0 aromatic heterocycles. The van der Waals surface area contributed by atoms with E-state index in [2.05, 4.69) is 32.1 Å². The standard InChI is InChI=1S/C21H24BrN3O4/c1-4-11-29-18-10-7-15(22)12-17(18)21(28)25-24-20(27)14-5-8-16(9-6-14)23-19(26)13(2)3/h5-10,12-13H,4,11H2,1-3H3,(H,23,26)(H,24,27)(H,25,28). The highest BCUT2D eigenvalue weighted by atomic mass is 79.9. The van der Waals surface area contributed by atoms with Crippen LogP contribution >= 0.6 is 15.9 Å². The van der Waals surface area contributed by atoms with Crippen LogP contribution in [0, 0.1) is 5.92 Å². The molecule has 3 N–H and O–H groups in total. The number of hydrogen-bond donors (Lipinski definition) is 3. The topological polar surface area (TPSA) is 96.5 Å². The summed E-state index contributed by atoms with van der Waals surface area (Å²) in [5.41, 5.74) is 6.01. The van der Waals surface area contributed by atoms with Crippen LogP contribution in [0.3, 0.4) is 0 Å². The van der Waals surface area contributed by atoms with Crippen molar-refractivity contribution in [3.63, 3.8) is 0 Å². The van der Waals surface area contributed by atoms with Crippen LogP contribution in [0.4, 0.5) is 5.69 Å². The predicted octanol–water partition coefficient (Wildman–Crippen LogP) is 3.91. The molecule has 0 saturated carbocycles. The number of carbonyl (C=O) groups excluding carboxylic acids is 3. The number of hydrazine groups is 1. The van der Waals surface area contributed by atoms with Crippen molar-refractivity contribution in [1.29, 1.82) is 0 Å². The molecule has 0 saturated heterocycles. The number of carbonyl (C=O) groups is 3. The number of rotatable bonds is 7. The third kappa shape index (κ3) is 6.60. The van der Waals surface area contributed by atoms with Crippen molar-refractivity contribution < 1.29 is 19.1 Å². The molecule has 0 radical (unpaired) electrons. The molecular formula is C21H24BrN3O4. The Balaban J connectivity index is 1.99. The fourth-order valence-electron chi connectivity index (χ4n) is 2.26. The van der Waals surface area contributed by atoms with Crippen LogP contribution in [-0.4, -0.2) is 24.3 Å². The molecule has 8 heteroatoms. The van der Waals surface area contributed by atoms with Gasteiger partial charge in [0.2, 0.25) is 5.91 Å². The molecule has 0 aliphatic carbocycles. The van der Waals surface area contributed by atoms with Gasteiger partial charge < -0.3 is 10.1 Å². The maximum Gasteiger partial charge on any atom is 0.273 e. The maximum atomic E-state index is 12.5. The van der Waals surface area contributed by atoms with Crippen molar-refractivity contribution in [1.82, 2.24) is 10.9 Å². The van der Waals surface area contributed by atoms with Gasteiger partial charge >= 0.3 is 0 Å². The number of nitrogens with one attached hydrogen (secondary N) is 3. The number of ether oxygens (including phenoxy) is 1. The summed E-state index contributed by atoms with van der Waals surface area (Å²) in [7, 11) is 0. The quantitative estimate of drug-likeness (QED) is 0.544. The van der Waals surface area contributed by atoms with Crippen molar-refractivity contribution in [2.24, 2.45) is 5.92 Å². The molecule has 0 unspecified atom stereocenters. The van der Waals surface area contributed by atoms with Gasteiger partial charge in [0.1, 0.15) is 5.75 Å². The first-order chi connectivity index (χ1) is 13.8. The molecule has 2 aromatic carbocycles. The van der Waals surface area contributed by atoms with E-state index in [1.54, 1.807) is 56.3 Å². The minimum atomic E-state index is -0.494. The molecule has 154 valence electrons. The number of halogens is 1. The van der Waals surface area contributed by atoms with Gasteiger partial charge in [-0.1, -0.05) is 36.7 Å². The smallest absolute Gasteiger partial charge is 0.273 e. The van der Waals surface area contributed by atoms with E-state index in [1.807, 2.05) is 6.92 Å². The monoisotopic (exact) mass is 461 g/mol. The SMILES string of the molecule is CCCOc1ccc(Br)cc1C(=O)NNC(=O)c1ccc(NC(=O)C(C)C)cc1. The van der Waals surface area contributed by atoms with Crippen molar-refractivity contribution in [2.45, 2.75) is 27.2 Å². The zero-order chi connectivity index (χ0) is 21.4. The Kier molecular flexibility index (Phi) is 8.21. The number of benzene rings is 2. The van der Waals surface area contributed by atoms with Crippen LogP contribution in [0.15, 0.2) is 46.9 Å². The molecule has 0 bridgehead atoms. The van der Waals surface area contributed by atoms with Gasteiger partial charge in [0.05, 0.1) is 12.2 Å². The molecule has 0 aliphatic rings. The predicted molar refractivity (Wildman–Crippen MR) is 115 cm³/mol. The Hall–Kier alpha value is -2.87. The van der Waals surface area contributed by atoms with Gasteiger partial charge in [-0.3, -0.25) is 25.2 Å². The first-order valence-corrected chi connectivity index (χ1v) is 10.0. The second kappa shape index (κ2) is 10.6. The van der Waals surface area contributed by atoms with E-state index < -0.39 is 11.8 Å². The van der Waals surface area contributed by atoms with Crippen LogP contribution in [0.2, 0.25) is 0 Å². The molecule has 2 aromatic rings. The lowest BCUT2D eigenvalue weighted by Crippen LogP contribution is -2.41. The normalized spacial score (nSPS) is 10.4. The van der Waals surface area contributed by atoms with Crippen molar-refractivity contribution >= 4 is 39.3 Å². The third-order valence-corrected chi connectivity index (χ3v) is 4.37. The molecule has 2 rings (SSSR count). The maximum absolute atomic E-state index is 12.5. The summed E-state index contributed by atoms with van der Waals surface area (Å²) in [6.07, 6.45) is 0.807. The molecule has 0 heterocycles. The Morgan fingerprint density at radius 3 is 2.28 bits per heavy atom. The third-order valence-electron chi connectivity index (χ3n) is 3.88. The van der Waals surface area contributed by atoms with E-state index in [1.165, 1.54) is 0 Å². The van der Waals surface area contributed by atoms with Crippen LogP contribution in [0.5, 0.6) is 5.75 Å². The van der Waals surface area contributed by atoms with E-state index in [9.17, 15) is 14.4 Å². The average molecular weight is 462 g/mol. The number of amides is 3. The van der Waals surface area contributed by atoms with Gasteiger partial charge in [-0.15, -0.1) is 0 Å². The van der Waals surface area contributed by atoms with E-state index in [-0.39, 0.29) is 11.8 Å². The lowest BCUT2D eigenvalue weighted by molar-refractivity contribution is -0.118. The summed E-state index contributed by atoms with van der Waals surface area (Å²) < 4.78 is 6.31. The average Bonchev–Trinajstić information content (AvgIpc) is 2.71. The van der Waals surface area contributed by atoms with Crippen molar-refractivity contribution in [2.75, 3.05) is 11.9 Å². The molecule has 0 aliphatic heterocycles. The molecule has 0 fully saturated rings. The highest BCUT2D eigenvalue weighted by molar-refractivity contribution is 9.10. The van der Waals surface area contributed by atoms with Crippen LogP contribution in [0.25, 0.3) is 0 Å². The largest absolute Gasteiger partial charge is 0.493 e. The zero-order valence-corrected chi connectivity index (χ0v) is 18.1. The molecule has 29 heavy (non-hydrogen) atoms. The van der Waals surface area contributed by atoms with Gasteiger partial charge in [-0.05, 0) is 48.9 Å². The number of anilines is 1. The van der Waals surface area contributed by atoms with Crippen molar-refractivity contribution in [3.8, 4) is 5.75 Å². The van der Waals surface area contributed by atoms with Gasteiger partial charge in [-0.2, -0.15) is 0 Å². The Labute approximate surface area is 178 Å². The Morgan fingerprint density at radius 1 is 1.00 bits per heavy atom. The molecule has 0 atom stereocenters.